The van der Waals surface area contributed by atoms with Gasteiger partial charge in [-0.1, -0.05) is 53.5 Å². The van der Waals surface area contributed by atoms with Crippen molar-refractivity contribution in [3.63, 3.8) is 0 Å². The van der Waals surface area contributed by atoms with Gasteiger partial charge in [-0.15, -0.1) is 0 Å². The number of Topliss-reactive ketones (excluding diaryl/α,β-unsaturated/α-hetero) is 1. The third-order valence-corrected chi connectivity index (χ3v) is 10.5. The molecular weight excluding hydrogens is 657 g/mol. The number of amides is 1. The van der Waals surface area contributed by atoms with Gasteiger partial charge in [0.1, 0.15) is 17.2 Å². The Morgan fingerprint density at radius 2 is 1.68 bits per heavy atom. The summed E-state index contributed by atoms with van der Waals surface area (Å²) in [4.78, 5) is 29.5. The molecule has 5 rings (SSSR count). The summed E-state index contributed by atoms with van der Waals surface area (Å²) in [5, 5.41) is 4.70. The Balaban J connectivity index is 1.21. The van der Waals surface area contributed by atoms with Crippen molar-refractivity contribution in [2.45, 2.75) is 40.2 Å². The highest BCUT2D eigenvalue weighted by Crippen LogP contribution is 2.29. The summed E-state index contributed by atoms with van der Waals surface area (Å²) in [7, 11) is -3.85. The molecule has 0 saturated heterocycles. The lowest BCUT2D eigenvalue weighted by Crippen LogP contribution is -2.32. The minimum absolute atomic E-state index is 0.125. The fraction of sp³-hybridized carbons (Fsp3) is 0.278. The third kappa shape index (κ3) is 8.46. The highest BCUT2D eigenvalue weighted by Gasteiger charge is 2.24. The zero-order valence-corrected chi connectivity index (χ0v) is 28.9. The van der Waals surface area contributed by atoms with E-state index in [1.807, 2.05) is 74.0 Å². The molecule has 0 radical (unpaired) electrons. The summed E-state index contributed by atoms with van der Waals surface area (Å²) in [6, 6.07) is 20.4. The molecule has 2 N–H and O–H groups in total. The van der Waals surface area contributed by atoms with Crippen LogP contribution in [-0.2, 0) is 22.8 Å². The van der Waals surface area contributed by atoms with Crippen LogP contribution in [0.4, 0.5) is 0 Å². The van der Waals surface area contributed by atoms with Crippen LogP contribution in [-0.4, -0.2) is 54.3 Å². The van der Waals surface area contributed by atoms with Crippen LogP contribution in [0.15, 0.2) is 72.9 Å². The van der Waals surface area contributed by atoms with E-state index in [0.717, 1.165) is 27.6 Å². The van der Waals surface area contributed by atoms with E-state index in [0.29, 0.717) is 58.6 Å². The average Bonchev–Trinajstić information content (AvgIpc) is 3.63. The van der Waals surface area contributed by atoms with E-state index in [4.69, 9.17) is 27.9 Å². The van der Waals surface area contributed by atoms with Crippen molar-refractivity contribution >= 4 is 55.6 Å². The fourth-order valence-corrected chi connectivity index (χ4v) is 7.02. The molecule has 0 aliphatic heterocycles. The molecule has 0 aliphatic carbocycles. The molecular formula is C36H37Cl2N3O5S. The Kier molecular flexibility index (Phi) is 10.8. The number of carbonyl (C=O) groups excluding carboxylic acids is 2. The molecule has 5 aromatic rings. The van der Waals surface area contributed by atoms with Gasteiger partial charge in [0.05, 0.1) is 18.1 Å². The van der Waals surface area contributed by atoms with Crippen molar-refractivity contribution in [3.8, 4) is 5.75 Å². The summed E-state index contributed by atoms with van der Waals surface area (Å²) in [6.45, 7) is 6.63. The molecule has 1 amide bonds. The molecule has 0 bridgehead atoms. The van der Waals surface area contributed by atoms with Crippen molar-refractivity contribution in [1.29, 1.82) is 0 Å². The molecule has 0 saturated carbocycles. The first-order chi connectivity index (χ1) is 22.4. The highest BCUT2D eigenvalue weighted by molar-refractivity contribution is 7.92. The number of aromatic nitrogens is 2. The second-order valence-corrected chi connectivity index (χ2v) is 14.7. The first kappa shape index (κ1) is 34.3. The first-order valence-corrected chi connectivity index (χ1v) is 17.9. The largest absolute Gasteiger partial charge is 0.494 e. The number of aryl methyl sites for hydroxylation is 4. The number of benzene rings is 3. The van der Waals surface area contributed by atoms with E-state index in [-0.39, 0.29) is 23.9 Å². The number of hydrogen-bond acceptors (Lipinski definition) is 5. The van der Waals surface area contributed by atoms with E-state index < -0.39 is 21.4 Å². The van der Waals surface area contributed by atoms with Crippen LogP contribution in [0.3, 0.4) is 0 Å². The normalized spacial score (nSPS) is 11.6. The molecule has 0 spiro atoms. The predicted molar refractivity (Wildman–Crippen MR) is 188 cm³/mol. The van der Waals surface area contributed by atoms with Crippen molar-refractivity contribution in [1.82, 2.24) is 14.9 Å². The fourth-order valence-electron chi connectivity index (χ4n) is 5.64. The molecule has 0 atom stereocenters. The molecule has 0 unspecified atom stereocenters. The smallest absolute Gasteiger partial charge is 0.267 e. The van der Waals surface area contributed by atoms with Crippen molar-refractivity contribution in [3.05, 3.63) is 122 Å². The van der Waals surface area contributed by atoms with Gasteiger partial charge in [0.2, 0.25) is 0 Å². The molecule has 3 aromatic carbocycles. The predicted octanol–water partition coefficient (Wildman–Crippen LogP) is 7.29. The quantitative estimate of drug-likeness (QED) is 0.0938. The molecule has 0 fully saturated rings. The Hall–Kier alpha value is -4.05. The van der Waals surface area contributed by atoms with Crippen LogP contribution in [0.1, 0.15) is 55.2 Å². The summed E-state index contributed by atoms with van der Waals surface area (Å²) in [5.74, 6) is -1.29. The molecule has 2 heterocycles. The number of hydrogen-bond donors (Lipinski definition) is 2. The minimum Gasteiger partial charge on any atom is -0.494 e. The monoisotopic (exact) mass is 693 g/mol. The van der Waals surface area contributed by atoms with Gasteiger partial charge in [0.15, 0.2) is 15.6 Å². The number of rotatable bonds is 14. The maximum atomic E-state index is 13.4. The minimum atomic E-state index is -3.85. The summed E-state index contributed by atoms with van der Waals surface area (Å²) < 4.78 is 33.9. The third-order valence-electron chi connectivity index (χ3n) is 8.11. The number of aromatic amines is 1. The number of ether oxygens (including phenoxy) is 1. The van der Waals surface area contributed by atoms with E-state index in [9.17, 15) is 18.0 Å². The Bertz CT molecular complexity index is 2030. The van der Waals surface area contributed by atoms with Gasteiger partial charge in [-0.05, 0) is 97.8 Å². The average molecular weight is 695 g/mol. The standard InChI is InChI=1S/C36H37Cl2N3O5S/c1-23-8-4-5-9-26(23)21-41-15-6-11-32(41)36(43)39-14-17-47(44,45)22-33(42)35-30(29-13-12-27(37)20-31(29)40-35)10-7-16-46-28-18-24(2)34(38)25(3)19-28/h4-6,8-9,11-13,15,18-20,40H,7,10,14,16-17,21-22H2,1-3H3,(H,39,43). The maximum absolute atomic E-state index is 13.4. The van der Waals surface area contributed by atoms with Crippen LogP contribution in [0.25, 0.3) is 10.9 Å². The number of carbonyl (C=O) groups is 2. The van der Waals surface area contributed by atoms with E-state index in [2.05, 4.69) is 10.3 Å². The van der Waals surface area contributed by atoms with Gasteiger partial charge in [0, 0.05) is 40.2 Å². The lowest BCUT2D eigenvalue weighted by molar-refractivity contribution is 0.0946. The SMILES string of the molecule is Cc1ccccc1Cn1cccc1C(=O)NCCS(=O)(=O)CC(=O)c1[nH]c2cc(Cl)ccc2c1CCCOc1cc(C)c(Cl)c(C)c1. The van der Waals surface area contributed by atoms with E-state index in [1.165, 1.54) is 0 Å². The number of nitrogens with one attached hydrogen (secondary N) is 2. The van der Waals surface area contributed by atoms with E-state index >= 15 is 0 Å². The van der Waals surface area contributed by atoms with Gasteiger partial charge in [-0.2, -0.15) is 0 Å². The Labute approximate surface area is 285 Å². The molecule has 11 heteroatoms. The van der Waals surface area contributed by atoms with Crippen molar-refractivity contribution in [2.75, 3.05) is 24.7 Å². The van der Waals surface area contributed by atoms with Crippen molar-refractivity contribution in [2.24, 2.45) is 0 Å². The van der Waals surface area contributed by atoms with Crippen LogP contribution in [0.5, 0.6) is 5.75 Å². The van der Waals surface area contributed by atoms with Gasteiger partial charge in [-0.25, -0.2) is 8.42 Å². The maximum Gasteiger partial charge on any atom is 0.267 e. The molecule has 246 valence electrons. The second-order valence-electron chi connectivity index (χ2n) is 11.7. The zero-order chi connectivity index (χ0) is 33.7. The van der Waals surface area contributed by atoms with Crippen molar-refractivity contribution < 1.29 is 22.7 Å². The Morgan fingerprint density at radius 3 is 2.43 bits per heavy atom. The second kappa shape index (κ2) is 14.8. The molecule has 47 heavy (non-hydrogen) atoms. The van der Waals surface area contributed by atoms with Crippen LogP contribution < -0.4 is 10.1 Å². The van der Waals surface area contributed by atoms with Crippen LogP contribution >= 0.6 is 23.2 Å². The summed E-state index contributed by atoms with van der Waals surface area (Å²) >= 11 is 12.5. The lowest BCUT2D eigenvalue weighted by atomic mass is 10.0. The molecule has 8 nitrogen and oxygen atoms in total. The van der Waals surface area contributed by atoms with E-state index in [1.54, 1.807) is 24.3 Å². The Morgan fingerprint density at radius 1 is 0.936 bits per heavy atom. The first-order valence-electron chi connectivity index (χ1n) is 15.3. The van der Waals surface area contributed by atoms with Gasteiger partial charge >= 0.3 is 0 Å². The summed E-state index contributed by atoms with van der Waals surface area (Å²) in [5.41, 5.74) is 6.08. The van der Waals surface area contributed by atoms with Crippen LogP contribution in [0, 0.1) is 20.8 Å². The number of nitrogens with zero attached hydrogens (tertiary/aromatic N) is 1. The number of halogens is 2. The number of H-pyrrole nitrogens is 1. The highest BCUT2D eigenvalue weighted by atomic mass is 35.5. The zero-order valence-electron chi connectivity index (χ0n) is 26.5. The number of ketones is 1. The topological polar surface area (TPSA) is 110 Å². The van der Waals surface area contributed by atoms with Gasteiger partial charge in [0.25, 0.3) is 5.91 Å². The summed E-state index contributed by atoms with van der Waals surface area (Å²) in [6.07, 6.45) is 2.88. The number of fused-ring (bicyclic) bond motifs is 1. The van der Waals surface area contributed by atoms with Crippen LogP contribution in [0.2, 0.25) is 10.0 Å². The van der Waals surface area contributed by atoms with Gasteiger partial charge in [-0.3, -0.25) is 9.59 Å². The molecule has 2 aromatic heterocycles. The lowest BCUT2D eigenvalue weighted by Gasteiger charge is -2.12. The molecule has 0 aliphatic rings. The number of sulfone groups is 1. The van der Waals surface area contributed by atoms with Gasteiger partial charge < -0.3 is 19.6 Å².